The Kier molecular flexibility index (Phi) is 14.3. The van der Waals surface area contributed by atoms with E-state index in [1.165, 1.54) is 26.8 Å². The molecule has 21 nitrogen and oxygen atoms in total. The number of rotatable bonds is 13. The first-order valence-electron chi connectivity index (χ1n) is 27.6. The van der Waals surface area contributed by atoms with Crippen molar-refractivity contribution in [2.75, 3.05) is 58.1 Å². The molecular weight excluding hydrogens is 1040 g/mol. The number of hydrogen-bond donors (Lipinski definition) is 5. The van der Waals surface area contributed by atoms with Crippen LogP contribution in [0.4, 0.5) is 34.4 Å². The summed E-state index contributed by atoms with van der Waals surface area (Å²) >= 11 is 0. The van der Waals surface area contributed by atoms with Gasteiger partial charge in [0.15, 0.2) is 5.82 Å². The number of amides is 4. The molecule has 2 aromatic carbocycles. The van der Waals surface area contributed by atoms with Gasteiger partial charge in [0.2, 0.25) is 5.91 Å². The van der Waals surface area contributed by atoms with Crippen molar-refractivity contribution in [3.63, 3.8) is 0 Å². The first-order valence-corrected chi connectivity index (χ1v) is 29.2. The van der Waals surface area contributed by atoms with Crippen LogP contribution in [0.15, 0.2) is 78.4 Å². The fourth-order valence-electron chi connectivity index (χ4n) is 13.5. The van der Waals surface area contributed by atoms with Crippen LogP contribution in [0, 0.1) is 5.41 Å². The Hall–Kier alpha value is -7.00. The van der Waals surface area contributed by atoms with Crippen molar-refractivity contribution in [3.05, 3.63) is 118 Å². The number of carbonyl (C=O) groups excluding carboxylic acids is 4. The summed E-state index contributed by atoms with van der Waals surface area (Å²) in [5.41, 5.74) is 6.48. The lowest BCUT2D eigenvalue weighted by Gasteiger charge is -2.48. The van der Waals surface area contributed by atoms with Gasteiger partial charge in [0.05, 0.1) is 40.4 Å². The normalized spacial score (nSPS) is 24.0. The van der Waals surface area contributed by atoms with Gasteiger partial charge < -0.3 is 44.5 Å². The summed E-state index contributed by atoms with van der Waals surface area (Å²) in [6.07, 6.45) is 9.34. The molecule has 2 aliphatic carbocycles. The maximum atomic E-state index is 14.1. The van der Waals surface area contributed by atoms with E-state index in [0.29, 0.717) is 102 Å². The summed E-state index contributed by atoms with van der Waals surface area (Å²) in [6, 6.07) is 14.8. The molecule has 7 heterocycles. The monoisotopic (exact) mass is 1110 g/mol. The highest BCUT2D eigenvalue weighted by atomic mass is 31.2. The highest BCUT2D eigenvalue weighted by molar-refractivity contribution is 7.46. The Balaban J connectivity index is 0.754. The van der Waals surface area contributed by atoms with Crippen LogP contribution in [0.25, 0.3) is 11.3 Å². The van der Waals surface area contributed by atoms with E-state index in [4.69, 9.17) is 9.51 Å². The number of benzene rings is 2. The molecule has 0 radical (unpaired) electrons. The maximum Gasteiger partial charge on any atom is 0.470 e. The third-order valence-electron chi connectivity index (χ3n) is 17.4. The molecule has 422 valence electrons. The quantitative estimate of drug-likeness (QED) is 0.0464. The van der Waals surface area contributed by atoms with Gasteiger partial charge >= 0.3 is 7.82 Å². The highest BCUT2D eigenvalue weighted by Gasteiger charge is 2.46. The standard InChI is InChI=1S/C58H70N11O10P/c1-8-50(71)61-45-27-37(60-51-56(75)63(7)32-46(62-51)41-15-19-59-52(44(41)33-70)68-24-23-67-48(55(68)74)26-36-29-57(4,5)30-49(36)67)9-12-47(45)66-22-21-64(31-35(66)3)39-16-20-65(34(2)25-39)40-10-11-42-43(28-40)54(73)69(53(42)72)38-13-17-58(6,18-14-38)79-80(76,77)78/h8-12,15,19,26-28,32,34-35,38-39,70H,1,13-14,16-18,20-25,29-31,33H2,2-7H3,(H,60,62)(H,61,71)(H2,76,77,78)/t34-,35-,38?,39?,58?/m0/s1. The summed E-state index contributed by atoms with van der Waals surface area (Å²) in [4.78, 5) is 107. The number of aryl methyl sites for hydroxylation is 1. The Morgan fingerprint density at radius 3 is 2.34 bits per heavy atom. The van der Waals surface area contributed by atoms with Crippen LogP contribution >= 0.6 is 7.82 Å². The third kappa shape index (κ3) is 10.3. The summed E-state index contributed by atoms with van der Waals surface area (Å²) < 4.78 is 20.2. The number of phosphoric ester groups is 1. The van der Waals surface area contributed by atoms with Crippen molar-refractivity contribution in [1.82, 2.24) is 28.9 Å². The lowest BCUT2D eigenvalue weighted by Crippen LogP contribution is -2.58. The van der Waals surface area contributed by atoms with Crippen LogP contribution in [-0.2, 0) is 46.9 Å². The summed E-state index contributed by atoms with van der Waals surface area (Å²) in [6.45, 7) is 17.7. The zero-order chi connectivity index (χ0) is 56.7. The SMILES string of the molecule is C=CC(=O)Nc1cc(Nc2nc(-c3ccnc(N4CCn5c(cc6c5CC(C)(C)C6)C4=O)c3CO)cn(C)c2=O)ccc1N1CCN(C2CCN(c3ccc4c(c3)C(=O)N(C3CCC(C)(OP(=O)(O)O)CC3)C4=O)[C@@H](C)C2)C[C@@H]1C. The minimum Gasteiger partial charge on any atom is -0.392 e. The molecule has 11 rings (SSSR count). The van der Waals surface area contributed by atoms with Crippen LogP contribution in [0.2, 0.25) is 0 Å². The average Bonchev–Trinajstić information content (AvgIpc) is 4.02. The van der Waals surface area contributed by atoms with Crippen molar-refractivity contribution in [2.45, 2.75) is 129 Å². The van der Waals surface area contributed by atoms with Gasteiger partial charge in [-0.2, -0.15) is 0 Å². The zero-order valence-corrected chi connectivity index (χ0v) is 47.0. The Labute approximate surface area is 464 Å². The van der Waals surface area contributed by atoms with E-state index in [-0.39, 0.29) is 41.0 Å². The molecule has 5 N–H and O–H groups in total. The fraction of sp³-hybridized carbons (Fsp3) is 0.466. The van der Waals surface area contributed by atoms with E-state index >= 15 is 0 Å². The van der Waals surface area contributed by atoms with Crippen LogP contribution in [-0.4, -0.2) is 130 Å². The van der Waals surface area contributed by atoms with Crippen molar-refractivity contribution in [3.8, 4) is 11.3 Å². The lowest BCUT2D eigenvalue weighted by molar-refractivity contribution is -0.111. The van der Waals surface area contributed by atoms with Crippen LogP contribution < -0.4 is 30.9 Å². The number of nitrogens with one attached hydrogen (secondary N) is 2. The van der Waals surface area contributed by atoms with Crippen molar-refractivity contribution in [2.24, 2.45) is 12.5 Å². The molecule has 80 heavy (non-hydrogen) atoms. The largest absolute Gasteiger partial charge is 0.470 e. The summed E-state index contributed by atoms with van der Waals surface area (Å²) in [5, 5.41) is 17.1. The molecule has 5 aromatic rings. The van der Waals surface area contributed by atoms with E-state index in [1.54, 1.807) is 49.5 Å². The van der Waals surface area contributed by atoms with E-state index < -0.39 is 37.5 Å². The molecule has 0 bridgehead atoms. The average molecular weight is 1110 g/mol. The highest BCUT2D eigenvalue weighted by Crippen LogP contribution is 2.48. The van der Waals surface area contributed by atoms with E-state index in [0.717, 1.165) is 56.7 Å². The number of carbonyl (C=O) groups is 4. The van der Waals surface area contributed by atoms with Gasteiger partial charge in [-0.05, 0) is 138 Å². The number of anilines is 6. The number of aliphatic hydroxyl groups excluding tert-OH is 1. The summed E-state index contributed by atoms with van der Waals surface area (Å²) in [5.74, 6) is -0.917. The molecule has 22 heteroatoms. The van der Waals surface area contributed by atoms with Crippen LogP contribution in [0.3, 0.4) is 0 Å². The smallest absolute Gasteiger partial charge is 0.392 e. The number of piperazine rings is 1. The van der Waals surface area contributed by atoms with Crippen molar-refractivity contribution >= 4 is 65.8 Å². The molecule has 3 atom stereocenters. The van der Waals surface area contributed by atoms with Crippen LogP contribution in [0.5, 0.6) is 0 Å². The molecule has 3 fully saturated rings. The van der Waals surface area contributed by atoms with Gasteiger partial charge in [-0.1, -0.05) is 20.4 Å². The number of aliphatic hydroxyl groups is 1. The molecule has 1 unspecified atom stereocenters. The third-order valence-corrected chi connectivity index (χ3v) is 18.1. The second-order valence-electron chi connectivity index (χ2n) is 23.6. The minimum atomic E-state index is -4.70. The predicted molar refractivity (Wildman–Crippen MR) is 303 cm³/mol. The number of hydrogen-bond acceptors (Lipinski definition) is 14. The molecule has 4 aliphatic heterocycles. The van der Waals surface area contributed by atoms with Gasteiger partial charge in [0.1, 0.15) is 11.5 Å². The molecular formula is C58H70N11O10P. The number of nitrogens with zero attached hydrogens (tertiary/aromatic N) is 9. The van der Waals surface area contributed by atoms with Crippen molar-refractivity contribution in [1.29, 1.82) is 0 Å². The minimum absolute atomic E-state index is 0.0132. The van der Waals surface area contributed by atoms with E-state index in [9.17, 15) is 43.4 Å². The van der Waals surface area contributed by atoms with Gasteiger partial charge in [-0.15, -0.1) is 0 Å². The second kappa shape index (κ2) is 20.8. The number of pyridine rings is 1. The second-order valence-corrected chi connectivity index (χ2v) is 24.8. The van der Waals surface area contributed by atoms with Gasteiger partial charge in [0.25, 0.3) is 23.3 Å². The molecule has 3 aromatic heterocycles. The Morgan fingerprint density at radius 1 is 0.863 bits per heavy atom. The van der Waals surface area contributed by atoms with Gasteiger partial charge in [-0.25, -0.2) is 14.5 Å². The topological polar surface area (TPSA) is 248 Å². The molecule has 4 amide bonds. The Morgan fingerprint density at radius 2 is 1.62 bits per heavy atom. The lowest BCUT2D eigenvalue weighted by atomic mass is 9.83. The molecule has 0 spiro atoms. The first kappa shape index (κ1) is 54.9. The Bertz CT molecular complexity index is 3470. The fourth-order valence-corrected chi connectivity index (χ4v) is 14.2. The number of piperidine rings is 1. The van der Waals surface area contributed by atoms with E-state index in [2.05, 4.69) is 69.2 Å². The number of imide groups is 1. The van der Waals surface area contributed by atoms with E-state index in [1.807, 2.05) is 30.3 Å². The predicted octanol–water partition coefficient (Wildman–Crippen LogP) is 6.76. The molecule has 6 aliphatic rings. The summed E-state index contributed by atoms with van der Waals surface area (Å²) in [7, 11) is -3.08. The molecule has 1 saturated carbocycles. The number of fused-ring (bicyclic) bond motifs is 4. The van der Waals surface area contributed by atoms with Gasteiger partial charge in [0, 0.05) is 111 Å². The maximum absolute atomic E-state index is 14.1. The molecule has 2 saturated heterocycles. The van der Waals surface area contributed by atoms with Crippen LogP contribution in [0.1, 0.15) is 121 Å². The zero-order valence-electron chi connectivity index (χ0n) is 46.1. The van der Waals surface area contributed by atoms with Gasteiger partial charge in [-0.3, -0.25) is 43.2 Å². The number of phosphoric acid groups is 1. The number of aromatic nitrogens is 4. The first-order chi connectivity index (χ1) is 38.0. The van der Waals surface area contributed by atoms with Crippen molar-refractivity contribution < 1.29 is 43.2 Å².